The van der Waals surface area contributed by atoms with E-state index in [4.69, 9.17) is 5.26 Å². The number of nitrogens with zero attached hydrogens (tertiary/aromatic N) is 3. The minimum Gasteiger partial charge on any atom is -0.394 e. The molecule has 102 valence electrons. The van der Waals surface area contributed by atoms with E-state index in [1.807, 2.05) is 6.07 Å². The number of nitriles is 1. The summed E-state index contributed by atoms with van der Waals surface area (Å²) in [6, 6.07) is 3.49. The maximum absolute atomic E-state index is 12.7. The van der Waals surface area contributed by atoms with Crippen molar-refractivity contribution in [3.63, 3.8) is 0 Å². The Kier molecular flexibility index (Phi) is 3.62. The molecule has 1 saturated heterocycles. The number of anilines is 1. The molecule has 1 aliphatic rings. The van der Waals surface area contributed by atoms with Gasteiger partial charge in [-0.15, -0.1) is 0 Å². The molecule has 1 aromatic heterocycles. The fraction of sp³-hybridized carbons (Fsp3) is 0.500. The van der Waals surface area contributed by atoms with Crippen LogP contribution in [-0.4, -0.2) is 29.3 Å². The monoisotopic (exact) mass is 271 g/mol. The maximum atomic E-state index is 12.7. The lowest BCUT2D eigenvalue weighted by Gasteiger charge is -2.25. The lowest BCUT2D eigenvalue weighted by molar-refractivity contribution is -0.141. The molecule has 1 unspecified atom stereocenters. The number of pyridine rings is 1. The number of alkyl halides is 3. The number of hydrogen-bond acceptors (Lipinski definition) is 4. The van der Waals surface area contributed by atoms with Crippen molar-refractivity contribution in [3.8, 4) is 6.07 Å². The van der Waals surface area contributed by atoms with Gasteiger partial charge in [-0.05, 0) is 25.0 Å². The van der Waals surface area contributed by atoms with Crippen molar-refractivity contribution in [1.29, 1.82) is 5.26 Å². The third-order valence-electron chi connectivity index (χ3n) is 3.15. The molecule has 0 aromatic carbocycles. The molecule has 0 saturated carbocycles. The summed E-state index contributed by atoms with van der Waals surface area (Å²) in [7, 11) is 0. The van der Waals surface area contributed by atoms with Gasteiger partial charge >= 0.3 is 6.18 Å². The van der Waals surface area contributed by atoms with Gasteiger partial charge in [-0.1, -0.05) is 0 Å². The van der Waals surface area contributed by atoms with Crippen molar-refractivity contribution in [2.45, 2.75) is 25.1 Å². The molecule has 4 nitrogen and oxygen atoms in total. The highest BCUT2D eigenvalue weighted by Gasteiger charge is 2.35. The molecule has 0 spiro atoms. The van der Waals surface area contributed by atoms with E-state index in [-0.39, 0.29) is 24.0 Å². The van der Waals surface area contributed by atoms with Gasteiger partial charge in [-0.2, -0.15) is 18.4 Å². The van der Waals surface area contributed by atoms with Crippen LogP contribution in [0.15, 0.2) is 12.1 Å². The first-order valence-electron chi connectivity index (χ1n) is 5.83. The highest BCUT2D eigenvalue weighted by Crippen LogP contribution is 2.32. The highest BCUT2D eigenvalue weighted by atomic mass is 19.4. The van der Waals surface area contributed by atoms with Crippen LogP contribution in [0.5, 0.6) is 0 Å². The Morgan fingerprint density at radius 2 is 2.21 bits per heavy atom. The van der Waals surface area contributed by atoms with Crippen LogP contribution < -0.4 is 4.90 Å². The number of aliphatic hydroxyl groups is 1. The zero-order valence-corrected chi connectivity index (χ0v) is 9.98. The van der Waals surface area contributed by atoms with Gasteiger partial charge in [0, 0.05) is 6.54 Å². The predicted octanol–water partition coefficient (Wildman–Crippen LogP) is 1.93. The van der Waals surface area contributed by atoms with E-state index in [0.29, 0.717) is 13.0 Å². The van der Waals surface area contributed by atoms with Crippen molar-refractivity contribution < 1.29 is 18.3 Å². The summed E-state index contributed by atoms with van der Waals surface area (Å²) in [6.07, 6.45) is -3.11. The smallest absolute Gasteiger partial charge is 0.394 e. The minimum atomic E-state index is -4.54. The first-order chi connectivity index (χ1) is 8.97. The summed E-state index contributed by atoms with van der Waals surface area (Å²) in [5.41, 5.74) is -0.932. The molecule has 0 bridgehead atoms. The maximum Gasteiger partial charge on any atom is 0.433 e. The summed E-state index contributed by atoms with van der Waals surface area (Å²) < 4.78 is 38.0. The van der Waals surface area contributed by atoms with E-state index >= 15 is 0 Å². The molecule has 2 rings (SSSR count). The summed E-state index contributed by atoms with van der Waals surface area (Å²) >= 11 is 0. The zero-order valence-electron chi connectivity index (χ0n) is 9.98. The Morgan fingerprint density at radius 3 is 2.79 bits per heavy atom. The highest BCUT2D eigenvalue weighted by molar-refractivity contribution is 5.56. The van der Waals surface area contributed by atoms with E-state index in [1.165, 1.54) is 0 Å². The Balaban J connectivity index is 2.45. The van der Waals surface area contributed by atoms with Crippen LogP contribution in [0.4, 0.5) is 19.0 Å². The predicted molar refractivity (Wildman–Crippen MR) is 61.4 cm³/mol. The average molecular weight is 271 g/mol. The Hall–Kier alpha value is -1.81. The van der Waals surface area contributed by atoms with Gasteiger partial charge in [0.1, 0.15) is 17.6 Å². The average Bonchev–Trinajstić information content (AvgIpc) is 2.85. The van der Waals surface area contributed by atoms with Crippen molar-refractivity contribution in [2.75, 3.05) is 18.1 Å². The molecule has 19 heavy (non-hydrogen) atoms. The van der Waals surface area contributed by atoms with Gasteiger partial charge < -0.3 is 10.0 Å². The van der Waals surface area contributed by atoms with Crippen molar-refractivity contribution in [3.05, 3.63) is 23.4 Å². The topological polar surface area (TPSA) is 60.2 Å². The molecular formula is C12H12F3N3O. The zero-order chi connectivity index (χ0) is 14.0. The van der Waals surface area contributed by atoms with Gasteiger partial charge in [0.25, 0.3) is 0 Å². The first-order valence-corrected chi connectivity index (χ1v) is 5.83. The van der Waals surface area contributed by atoms with Crippen LogP contribution in [0, 0.1) is 11.3 Å². The molecule has 7 heteroatoms. The summed E-state index contributed by atoms with van der Waals surface area (Å²) in [5, 5.41) is 18.2. The first kappa shape index (κ1) is 13.6. The molecule has 1 atom stereocenters. The number of rotatable bonds is 2. The molecule has 1 fully saturated rings. The van der Waals surface area contributed by atoms with E-state index in [2.05, 4.69) is 4.98 Å². The molecule has 0 amide bonds. The molecule has 2 heterocycles. The largest absolute Gasteiger partial charge is 0.433 e. The number of halogens is 3. The number of aromatic nitrogens is 1. The Labute approximate surface area is 108 Å². The van der Waals surface area contributed by atoms with Gasteiger partial charge in [-0.3, -0.25) is 0 Å². The van der Waals surface area contributed by atoms with Gasteiger partial charge in [0.15, 0.2) is 0 Å². The lowest BCUT2D eigenvalue weighted by atomic mass is 10.2. The fourth-order valence-corrected chi connectivity index (χ4v) is 2.22. The fourth-order valence-electron chi connectivity index (χ4n) is 2.22. The molecule has 1 N–H and O–H groups in total. The van der Waals surface area contributed by atoms with E-state index in [1.54, 1.807) is 4.90 Å². The second-order valence-electron chi connectivity index (χ2n) is 4.35. The van der Waals surface area contributed by atoms with Crippen LogP contribution in [0.25, 0.3) is 0 Å². The summed E-state index contributed by atoms with van der Waals surface area (Å²) in [4.78, 5) is 5.14. The third kappa shape index (κ3) is 2.63. The minimum absolute atomic E-state index is 0.00822. The van der Waals surface area contributed by atoms with Crippen LogP contribution in [0.2, 0.25) is 0 Å². The van der Waals surface area contributed by atoms with Crippen molar-refractivity contribution >= 4 is 5.82 Å². The van der Waals surface area contributed by atoms with Gasteiger partial charge in [0.2, 0.25) is 0 Å². The Bertz CT molecular complexity index is 510. The van der Waals surface area contributed by atoms with Crippen LogP contribution >= 0.6 is 0 Å². The normalized spacial score (nSPS) is 19.5. The van der Waals surface area contributed by atoms with Crippen LogP contribution in [-0.2, 0) is 6.18 Å². The second kappa shape index (κ2) is 5.05. The van der Waals surface area contributed by atoms with Gasteiger partial charge in [0.05, 0.1) is 18.2 Å². The lowest BCUT2D eigenvalue weighted by Crippen LogP contribution is -2.33. The van der Waals surface area contributed by atoms with E-state index in [0.717, 1.165) is 18.6 Å². The van der Waals surface area contributed by atoms with Crippen molar-refractivity contribution in [1.82, 2.24) is 4.98 Å². The number of aliphatic hydroxyl groups excluding tert-OH is 1. The van der Waals surface area contributed by atoms with Gasteiger partial charge in [-0.25, -0.2) is 4.98 Å². The summed E-state index contributed by atoms with van der Waals surface area (Å²) in [6.45, 7) is 0.330. The second-order valence-corrected chi connectivity index (χ2v) is 4.35. The quantitative estimate of drug-likeness (QED) is 0.893. The third-order valence-corrected chi connectivity index (χ3v) is 3.15. The van der Waals surface area contributed by atoms with E-state index in [9.17, 15) is 18.3 Å². The van der Waals surface area contributed by atoms with Crippen LogP contribution in [0.1, 0.15) is 24.1 Å². The molecule has 0 aliphatic carbocycles. The molecule has 0 radical (unpaired) electrons. The van der Waals surface area contributed by atoms with Crippen LogP contribution in [0.3, 0.4) is 0 Å². The Morgan fingerprint density at radius 1 is 1.47 bits per heavy atom. The number of hydrogen-bond donors (Lipinski definition) is 1. The molecule has 1 aliphatic heterocycles. The summed E-state index contributed by atoms with van der Waals surface area (Å²) in [5.74, 6) is 0.00822. The standard InChI is InChI=1S/C12H12F3N3O/c13-12(14,15)10-4-3-8(6-16)11(17-10)18-5-1-2-9(18)7-19/h3-4,9,19H,1-2,5,7H2. The SMILES string of the molecule is N#Cc1ccc(C(F)(F)F)nc1N1CCCC1CO. The molecular weight excluding hydrogens is 259 g/mol. The van der Waals surface area contributed by atoms with Crippen molar-refractivity contribution in [2.24, 2.45) is 0 Å². The van der Waals surface area contributed by atoms with E-state index < -0.39 is 11.9 Å². The molecule has 1 aromatic rings.